The molecule has 6 heteroatoms. The highest BCUT2D eigenvalue weighted by atomic mass is 28.4. The van der Waals surface area contributed by atoms with E-state index in [4.69, 9.17) is 23.4 Å². The average Bonchev–Trinajstić information content (AvgIpc) is 2.75. The summed E-state index contributed by atoms with van der Waals surface area (Å²) in [7, 11) is 1.34. The first-order valence-corrected chi connectivity index (χ1v) is 13.8. The molecule has 0 aliphatic rings. The maximum atomic E-state index is 6.43. The summed E-state index contributed by atoms with van der Waals surface area (Å²) < 4.78 is 28.6. The monoisotopic (exact) mass is 458 g/mol. The van der Waals surface area contributed by atoms with Gasteiger partial charge in [-0.2, -0.15) is 0 Å². The molecule has 176 valence electrons. The van der Waals surface area contributed by atoms with Crippen molar-refractivity contribution in [1.29, 1.82) is 0 Å². The number of ether oxygens (including phenoxy) is 4. The highest BCUT2D eigenvalue weighted by Gasteiger charge is 2.37. The van der Waals surface area contributed by atoms with Gasteiger partial charge in [-0.05, 0) is 47.8 Å². The van der Waals surface area contributed by atoms with Crippen LogP contribution in [-0.4, -0.2) is 36.1 Å². The van der Waals surface area contributed by atoms with Crippen LogP contribution in [-0.2, 0) is 26.9 Å². The molecule has 0 amide bonds. The molecule has 32 heavy (non-hydrogen) atoms. The summed E-state index contributed by atoms with van der Waals surface area (Å²) in [6.45, 7) is 12.0. The Bertz CT molecular complexity index is 827. The Balaban J connectivity index is 2.33. The molecule has 2 aromatic rings. The van der Waals surface area contributed by atoms with Gasteiger partial charge in [0.05, 0.1) is 6.61 Å². The minimum absolute atomic E-state index is 0.139. The number of allylic oxidation sites excluding steroid dienone is 1. The Morgan fingerprint density at radius 1 is 0.875 bits per heavy atom. The van der Waals surface area contributed by atoms with Crippen LogP contribution in [0.1, 0.15) is 37.5 Å². The quantitative estimate of drug-likeness (QED) is 0.271. The van der Waals surface area contributed by atoms with Crippen LogP contribution in [0.2, 0.25) is 18.1 Å². The molecule has 0 unspecified atom stereocenters. The van der Waals surface area contributed by atoms with Gasteiger partial charge in [-0.15, -0.1) is 0 Å². The van der Waals surface area contributed by atoms with Crippen LogP contribution >= 0.6 is 0 Å². The fourth-order valence-electron chi connectivity index (χ4n) is 2.82. The summed E-state index contributed by atoms with van der Waals surface area (Å²) in [4.78, 5) is 0. The smallest absolute Gasteiger partial charge is 0.192 e. The standard InChI is InChI=1S/C26H38O5Si/c1-26(2,3)32(6,7)31-18-22-16-24(29-19-27-4)23(25(17-22)30-20-28-5)15-11-14-21-12-9-8-10-13-21/h8-14,16-17H,15,18-20H2,1-7H3/b14-11-. The third kappa shape index (κ3) is 7.78. The van der Waals surface area contributed by atoms with Crippen molar-refractivity contribution < 1.29 is 23.4 Å². The second-order valence-corrected chi connectivity index (χ2v) is 14.0. The summed E-state index contributed by atoms with van der Waals surface area (Å²) in [5, 5.41) is 0.139. The van der Waals surface area contributed by atoms with Crippen molar-refractivity contribution in [2.45, 2.75) is 51.9 Å². The molecule has 0 heterocycles. The minimum atomic E-state index is -1.89. The van der Waals surface area contributed by atoms with Crippen LogP contribution in [0.3, 0.4) is 0 Å². The van der Waals surface area contributed by atoms with Crippen LogP contribution in [0, 0.1) is 0 Å². The van der Waals surface area contributed by atoms with Crippen molar-refractivity contribution >= 4 is 14.4 Å². The van der Waals surface area contributed by atoms with Gasteiger partial charge >= 0.3 is 0 Å². The molecular formula is C26H38O5Si. The normalized spacial score (nSPS) is 12.3. The van der Waals surface area contributed by atoms with Crippen molar-refractivity contribution in [3.05, 3.63) is 65.2 Å². The molecule has 0 saturated heterocycles. The van der Waals surface area contributed by atoms with E-state index in [1.165, 1.54) is 0 Å². The largest absolute Gasteiger partial charge is 0.467 e. The molecule has 2 aromatic carbocycles. The highest BCUT2D eigenvalue weighted by molar-refractivity contribution is 6.74. The third-order valence-corrected chi connectivity index (χ3v) is 10.2. The van der Waals surface area contributed by atoms with Crippen molar-refractivity contribution in [3.8, 4) is 11.5 Å². The summed E-state index contributed by atoms with van der Waals surface area (Å²) in [6, 6.07) is 14.3. The zero-order chi connectivity index (χ0) is 23.6. The van der Waals surface area contributed by atoms with Crippen molar-refractivity contribution in [1.82, 2.24) is 0 Å². The van der Waals surface area contributed by atoms with Gasteiger partial charge in [0, 0.05) is 19.8 Å². The van der Waals surface area contributed by atoms with E-state index < -0.39 is 8.32 Å². The second-order valence-electron chi connectivity index (χ2n) is 9.24. The highest BCUT2D eigenvalue weighted by Crippen LogP contribution is 2.38. The van der Waals surface area contributed by atoms with E-state index in [9.17, 15) is 0 Å². The predicted molar refractivity (Wildman–Crippen MR) is 133 cm³/mol. The first-order valence-electron chi connectivity index (χ1n) is 10.9. The number of hydrogen-bond donors (Lipinski definition) is 0. The molecule has 0 spiro atoms. The molecule has 0 aliphatic carbocycles. The van der Waals surface area contributed by atoms with Crippen LogP contribution in [0.25, 0.3) is 6.08 Å². The van der Waals surface area contributed by atoms with E-state index in [0.29, 0.717) is 13.0 Å². The van der Waals surface area contributed by atoms with Gasteiger partial charge in [-0.1, -0.05) is 63.3 Å². The number of benzene rings is 2. The van der Waals surface area contributed by atoms with Gasteiger partial charge in [0.1, 0.15) is 11.5 Å². The lowest BCUT2D eigenvalue weighted by atomic mass is 10.0. The van der Waals surface area contributed by atoms with E-state index in [-0.39, 0.29) is 18.6 Å². The van der Waals surface area contributed by atoms with E-state index in [2.05, 4.69) is 58.2 Å². The SMILES string of the molecule is COCOc1cc(CO[Si](C)(C)C(C)(C)C)cc(OCOC)c1C/C=C\c1ccccc1. The van der Waals surface area contributed by atoms with Crippen LogP contribution < -0.4 is 9.47 Å². The number of methoxy groups -OCH3 is 2. The molecule has 0 atom stereocenters. The Labute approximate surface area is 194 Å². The first-order chi connectivity index (χ1) is 15.2. The zero-order valence-electron chi connectivity index (χ0n) is 20.6. The van der Waals surface area contributed by atoms with E-state index in [0.717, 1.165) is 28.2 Å². The first kappa shape index (κ1) is 26.1. The van der Waals surface area contributed by atoms with Crippen LogP contribution in [0.5, 0.6) is 11.5 Å². The maximum Gasteiger partial charge on any atom is 0.192 e. The molecule has 0 saturated carbocycles. The van der Waals surface area contributed by atoms with Crippen LogP contribution in [0.4, 0.5) is 0 Å². The van der Waals surface area contributed by atoms with E-state index >= 15 is 0 Å². The lowest BCUT2D eigenvalue weighted by Crippen LogP contribution is -2.40. The molecule has 0 radical (unpaired) electrons. The van der Waals surface area contributed by atoms with Crippen molar-refractivity contribution in [2.75, 3.05) is 27.8 Å². The second kappa shape index (κ2) is 12.2. The summed E-state index contributed by atoms with van der Waals surface area (Å²) in [6.07, 6.45) is 4.85. The Hall–Kier alpha value is -2.12. The fourth-order valence-corrected chi connectivity index (χ4v) is 3.78. The zero-order valence-corrected chi connectivity index (χ0v) is 21.6. The Morgan fingerprint density at radius 3 is 1.94 bits per heavy atom. The van der Waals surface area contributed by atoms with Crippen LogP contribution in [0.15, 0.2) is 48.5 Å². The molecule has 0 aromatic heterocycles. The van der Waals surface area contributed by atoms with Gasteiger partial charge in [0.2, 0.25) is 0 Å². The molecular weight excluding hydrogens is 420 g/mol. The third-order valence-electron chi connectivity index (χ3n) is 5.73. The maximum absolute atomic E-state index is 6.43. The molecule has 0 bridgehead atoms. The molecule has 2 rings (SSSR count). The number of hydrogen-bond acceptors (Lipinski definition) is 5. The van der Waals surface area contributed by atoms with Gasteiger partial charge < -0.3 is 23.4 Å². The Kier molecular flexibility index (Phi) is 9.97. The van der Waals surface area contributed by atoms with E-state index in [1.807, 2.05) is 30.3 Å². The number of rotatable bonds is 12. The van der Waals surface area contributed by atoms with Crippen molar-refractivity contribution in [2.24, 2.45) is 0 Å². The van der Waals surface area contributed by atoms with Gasteiger partial charge in [0.25, 0.3) is 0 Å². The fraction of sp³-hybridized carbons (Fsp3) is 0.462. The predicted octanol–water partition coefficient (Wildman–Crippen LogP) is 6.43. The summed E-state index contributed by atoms with van der Waals surface area (Å²) in [5.41, 5.74) is 3.09. The van der Waals surface area contributed by atoms with Crippen molar-refractivity contribution in [3.63, 3.8) is 0 Å². The molecule has 0 fully saturated rings. The lowest BCUT2D eigenvalue weighted by Gasteiger charge is -2.36. The van der Waals surface area contributed by atoms with E-state index in [1.54, 1.807) is 14.2 Å². The van der Waals surface area contributed by atoms with Gasteiger partial charge in [-0.25, -0.2) is 0 Å². The topological polar surface area (TPSA) is 46.2 Å². The van der Waals surface area contributed by atoms with Gasteiger partial charge in [-0.3, -0.25) is 0 Å². The summed E-state index contributed by atoms with van der Waals surface area (Å²) >= 11 is 0. The minimum Gasteiger partial charge on any atom is -0.467 e. The molecule has 0 N–H and O–H groups in total. The lowest BCUT2D eigenvalue weighted by molar-refractivity contribution is 0.0446. The Morgan fingerprint density at radius 2 is 1.44 bits per heavy atom. The van der Waals surface area contributed by atoms with Gasteiger partial charge in [0.15, 0.2) is 21.9 Å². The summed E-state index contributed by atoms with van der Waals surface area (Å²) in [5.74, 6) is 1.46. The molecule has 5 nitrogen and oxygen atoms in total. The average molecular weight is 459 g/mol. The molecule has 0 aliphatic heterocycles.